The van der Waals surface area contributed by atoms with Crippen LogP contribution in [0.4, 0.5) is 10.1 Å². The Bertz CT molecular complexity index is 1110. The molecule has 164 valence electrons. The van der Waals surface area contributed by atoms with Gasteiger partial charge in [-0.2, -0.15) is 4.31 Å². The normalized spacial score (nSPS) is 20.2. The van der Waals surface area contributed by atoms with Crippen LogP contribution >= 0.6 is 0 Å². The number of oxime groups is 1. The predicted octanol–water partition coefficient (Wildman–Crippen LogP) is 1.89. The number of sulfonamides is 1. The van der Waals surface area contributed by atoms with Gasteiger partial charge in [0.1, 0.15) is 5.82 Å². The second kappa shape index (κ2) is 8.74. The molecular weight excluding hydrogens is 423 g/mol. The van der Waals surface area contributed by atoms with E-state index in [4.69, 9.17) is 4.84 Å². The number of carbonyl (C=O) groups is 1. The number of rotatable bonds is 5. The number of hydrogen-bond acceptors (Lipinski definition) is 6. The number of likely N-dealkylation sites (N-methyl/N-ethyl adjacent to an activating group) is 1. The molecule has 0 radical (unpaired) electrons. The summed E-state index contributed by atoms with van der Waals surface area (Å²) in [6, 6.07) is 12.1. The maximum atomic E-state index is 13.4. The summed E-state index contributed by atoms with van der Waals surface area (Å²) in [6.07, 6.45) is -0.689. The van der Waals surface area contributed by atoms with E-state index in [9.17, 15) is 17.6 Å². The van der Waals surface area contributed by atoms with Gasteiger partial charge in [-0.15, -0.1) is 0 Å². The molecule has 1 atom stereocenters. The van der Waals surface area contributed by atoms with Crippen molar-refractivity contribution >= 4 is 27.3 Å². The summed E-state index contributed by atoms with van der Waals surface area (Å²) in [5.41, 5.74) is 1.38. The molecule has 0 aromatic heterocycles. The highest BCUT2D eigenvalue weighted by Gasteiger charge is 2.30. The van der Waals surface area contributed by atoms with E-state index in [0.29, 0.717) is 43.1 Å². The van der Waals surface area contributed by atoms with E-state index in [0.717, 1.165) is 0 Å². The second-order valence-electron chi connectivity index (χ2n) is 7.57. The van der Waals surface area contributed by atoms with Crippen LogP contribution in [0, 0.1) is 5.82 Å². The maximum absolute atomic E-state index is 13.4. The smallest absolute Gasteiger partial charge is 0.268 e. The van der Waals surface area contributed by atoms with Crippen LogP contribution in [0.5, 0.6) is 0 Å². The Hall–Kier alpha value is -2.82. The molecule has 2 heterocycles. The van der Waals surface area contributed by atoms with Gasteiger partial charge in [0.2, 0.25) is 16.1 Å². The number of carbonyl (C=O) groups excluding carboxylic acids is 1. The van der Waals surface area contributed by atoms with Crippen LogP contribution in [0.1, 0.15) is 12.0 Å². The molecule has 10 heteroatoms. The zero-order valence-electron chi connectivity index (χ0n) is 17.0. The Kier molecular flexibility index (Phi) is 6.03. The fraction of sp³-hybridized carbons (Fsp3) is 0.333. The third kappa shape index (κ3) is 4.76. The first kappa shape index (κ1) is 21.4. The number of halogens is 1. The van der Waals surface area contributed by atoms with E-state index in [-0.39, 0.29) is 11.3 Å². The number of hydrogen-bond donors (Lipinski definition) is 1. The second-order valence-corrected chi connectivity index (χ2v) is 9.51. The van der Waals surface area contributed by atoms with E-state index in [1.165, 1.54) is 28.6 Å². The molecule has 1 N–H and O–H groups in total. The lowest BCUT2D eigenvalue weighted by Gasteiger charge is -2.31. The highest BCUT2D eigenvalue weighted by Crippen LogP contribution is 2.23. The van der Waals surface area contributed by atoms with E-state index in [2.05, 4.69) is 15.4 Å². The standard InChI is InChI=1S/C21H23FN4O4S/c1-25-8-10-26(11-9-25)31(28,29)18-7-3-6-17(13-18)23-21(27)20-14-19(24-30-20)15-4-2-5-16(22)12-15/h2-7,12-13,20H,8-11,14H2,1H3,(H,23,27). The van der Waals surface area contributed by atoms with Crippen LogP contribution in [0.3, 0.4) is 0 Å². The molecule has 2 aromatic carbocycles. The molecule has 0 aliphatic carbocycles. The number of nitrogens with zero attached hydrogens (tertiary/aromatic N) is 3. The van der Waals surface area contributed by atoms with Gasteiger partial charge in [0.25, 0.3) is 5.91 Å². The van der Waals surface area contributed by atoms with Gasteiger partial charge in [0, 0.05) is 43.9 Å². The monoisotopic (exact) mass is 446 g/mol. The molecule has 0 spiro atoms. The van der Waals surface area contributed by atoms with Gasteiger partial charge < -0.3 is 15.1 Å². The number of nitrogens with one attached hydrogen (secondary N) is 1. The molecular formula is C21H23FN4O4S. The lowest BCUT2D eigenvalue weighted by atomic mass is 10.0. The molecule has 0 saturated carbocycles. The number of piperazine rings is 1. The SMILES string of the molecule is CN1CCN(S(=O)(=O)c2cccc(NC(=O)C3CC(c4cccc(F)c4)=NO3)c2)CC1. The van der Waals surface area contributed by atoms with Crippen LogP contribution in [0.15, 0.2) is 58.6 Å². The van der Waals surface area contributed by atoms with Crippen LogP contribution < -0.4 is 5.32 Å². The molecule has 2 aliphatic heterocycles. The van der Waals surface area contributed by atoms with Gasteiger partial charge in [-0.1, -0.05) is 23.4 Å². The van der Waals surface area contributed by atoms with Crippen molar-refractivity contribution in [3.05, 3.63) is 59.9 Å². The number of benzene rings is 2. The van der Waals surface area contributed by atoms with Crippen molar-refractivity contribution in [2.45, 2.75) is 17.4 Å². The molecule has 2 aliphatic rings. The van der Waals surface area contributed by atoms with Crippen molar-refractivity contribution in [1.29, 1.82) is 0 Å². The van der Waals surface area contributed by atoms with E-state index >= 15 is 0 Å². The first-order valence-electron chi connectivity index (χ1n) is 9.91. The van der Waals surface area contributed by atoms with Gasteiger partial charge >= 0.3 is 0 Å². The Labute approximate surface area is 180 Å². The Balaban J connectivity index is 1.42. The number of anilines is 1. The van der Waals surface area contributed by atoms with Crippen LogP contribution in [0.25, 0.3) is 0 Å². The molecule has 2 aromatic rings. The summed E-state index contributed by atoms with van der Waals surface area (Å²) >= 11 is 0. The molecule has 1 amide bonds. The van der Waals surface area contributed by atoms with Gasteiger partial charge in [-0.05, 0) is 37.4 Å². The molecule has 0 bridgehead atoms. The van der Waals surface area contributed by atoms with E-state index < -0.39 is 27.9 Å². The number of amides is 1. The molecule has 1 saturated heterocycles. The minimum atomic E-state index is -3.65. The Morgan fingerprint density at radius 1 is 1.13 bits per heavy atom. The molecule has 8 nitrogen and oxygen atoms in total. The highest BCUT2D eigenvalue weighted by atomic mass is 32.2. The van der Waals surface area contributed by atoms with Crippen LogP contribution in [-0.4, -0.2) is 68.6 Å². The predicted molar refractivity (Wildman–Crippen MR) is 114 cm³/mol. The summed E-state index contributed by atoms with van der Waals surface area (Å²) < 4.78 is 40.7. The van der Waals surface area contributed by atoms with Gasteiger partial charge in [-0.25, -0.2) is 12.8 Å². The van der Waals surface area contributed by atoms with Gasteiger partial charge in [0.05, 0.1) is 10.6 Å². The van der Waals surface area contributed by atoms with Crippen molar-refractivity contribution < 1.29 is 22.4 Å². The topological polar surface area (TPSA) is 91.3 Å². The van der Waals surface area contributed by atoms with Crippen molar-refractivity contribution in [2.24, 2.45) is 5.16 Å². The zero-order valence-corrected chi connectivity index (χ0v) is 17.8. The fourth-order valence-electron chi connectivity index (χ4n) is 3.49. The van der Waals surface area contributed by atoms with Crippen molar-refractivity contribution in [3.8, 4) is 0 Å². The van der Waals surface area contributed by atoms with Crippen LogP contribution in [-0.2, 0) is 19.7 Å². The Morgan fingerprint density at radius 2 is 1.87 bits per heavy atom. The summed E-state index contributed by atoms with van der Waals surface area (Å²) in [7, 11) is -1.69. The van der Waals surface area contributed by atoms with Crippen molar-refractivity contribution in [3.63, 3.8) is 0 Å². The average molecular weight is 447 g/mol. The van der Waals surface area contributed by atoms with Crippen molar-refractivity contribution in [1.82, 2.24) is 9.21 Å². The molecule has 4 rings (SSSR count). The first-order chi connectivity index (χ1) is 14.8. The highest BCUT2D eigenvalue weighted by molar-refractivity contribution is 7.89. The molecule has 1 fully saturated rings. The largest absolute Gasteiger partial charge is 0.382 e. The molecule has 1 unspecified atom stereocenters. The third-order valence-corrected chi connectivity index (χ3v) is 7.22. The fourth-order valence-corrected chi connectivity index (χ4v) is 4.96. The van der Waals surface area contributed by atoms with Gasteiger partial charge in [0.15, 0.2) is 0 Å². The zero-order chi connectivity index (χ0) is 22.0. The van der Waals surface area contributed by atoms with Crippen molar-refractivity contribution in [2.75, 3.05) is 38.5 Å². The summed E-state index contributed by atoms with van der Waals surface area (Å²) in [5.74, 6) is -0.851. The lowest BCUT2D eigenvalue weighted by molar-refractivity contribution is -0.125. The third-order valence-electron chi connectivity index (χ3n) is 5.32. The summed E-state index contributed by atoms with van der Waals surface area (Å²) in [4.78, 5) is 20.0. The van der Waals surface area contributed by atoms with Gasteiger partial charge in [-0.3, -0.25) is 4.79 Å². The Morgan fingerprint density at radius 3 is 2.61 bits per heavy atom. The molecule has 31 heavy (non-hydrogen) atoms. The summed E-state index contributed by atoms with van der Waals surface area (Å²) in [5, 5.41) is 6.59. The quantitative estimate of drug-likeness (QED) is 0.758. The lowest BCUT2D eigenvalue weighted by Crippen LogP contribution is -2.47. The minimum Gasteiger partial charge on any atom is -0.382 e. The van der Waals surface area contributed by atoms with Crippen LogP contribution in [0.2, 0.25) is 0 Å². The summed E-state index contributed by atoms with van der Waals surface area (Å²) in [6.45, 7) is 2.18. The first-order valence-corrected chi connectivity index (χ1v) is 11.4. The maximum Gasteiger partial charge on any atom is 0.268 e. The van der Waals surface area contributed by atoms with E-state index in [1.807, 2.05) is 7.05 Å². The average Bonchev–Trinajstić information content (AvgIpc) is 3.25. The van der Waals surface area contributed by atoms with E-state index in [1.54, 1.807) is 24.3 Å². The minimum absolute atomic E-state index is 0.124.